The molecule has 0 amide bonds. The summed E-state index contributed by atoms with van der Waals surface area (Å²) in [5.74, 6) is 0.622. The molecule has 1 aliphatic heterocycles. The molecule has 1 aromatic carbocycles. The van der Waals surface area contributed by atoms with Gasteiger partial charge in [-0.2, -0.15) is 5.48 Å². The predicted molar refractivity (Wildman–Crippen MR) is 119 cm³/mol. The van der Waals surface area contributed by atoms with Gasteiger partial charge in [0.05, 0.1) is 15.6 Å². The van der Waals surface area contributed by atoms with Crippen LogP contribution in [0.4, 0.5) is 11.5 Å². The van der Waals surface area contributed by atoms with Crippen LogP contribution in [0.2, 0.25) is 5.02 Å². The van der Waals surface area contributed by atoms with E-state index in [1.807, 2.05) is 0 Å². The molecule has 11 heteroatoms. The fourth-order valence-corrected chi connectivity index (χ4v) is 5.45. The molecule has 2 fully saturated rings. The minimum absolute atomic E-state index is 0.0150. The zero-order valence-corrected chi connectivity index (χ0v) is 18.7. The van der Waals surface area contributed by atoms with E-state index in [0.29, 0.717) is 27.3 Å². The number of aliphatic hydroxyl groups excluding tert-OH is 1. The molecular weight excluding hydrogens is 456 g/mol. The quantitative estimate of drug-likeness (QED) is 0.312. The van der Waals surface area contributed by atoms with Gasteiger partial charge < -0.3 is 19.6 Å². The Morgan fingerprint density at radius 3 is 2.59 bits per heavy atom. The number of sulfonamides is 1. The number of anilines is 2. The highest BCUT2D eigenvalue weighted by atomic mass is 35.5. The van der Waals surface area contributed by atoms with Crippen LogP contribution in [0, 0.1) is 5.41 Å². The van der Waals surface area contributed by atoms with E-state index < -0.39 is 16.3 Å². The van der Waals surface area contributed by atoms with E-state index in [4.69, 9.17) is 21.2 Å². The van der Waals surface area contributed by atoms with E-state index >= 15 is 0 Å². The molecule has 9 nitrogen and oxygen atoms in total. The number of nitrogens with zero attached hydrogens (tertiary/aromatic N) is 2. The monoisotopic (exact) mass is 478 g/mol. The number of rotatable bonds is 6. The molecule has 0 bridgehead atoms. The molecule has 1 saturated heterocycles. The van der Waals surface area contributed by atoms with E-state index in [0.717, 1.165) is 25.9 Å². The van der Waals surface area contributed by atoms with Crippen LogP contribution in [0.1, 0.15) is 37.7 Å². The second-order valence-electron chi connectivity index (χ2n) is 8.50. The smallest absolute Gasteiger partial charge is 0.262 e. The second kappa shape index (κ2) is 7.89. The lowest BCUT2D eigenvalue weighted by Crippen LogP contribution is -2.35. The Morgan fingerprint density at radius 1 is 1.16 bits per heavy atom. The molecule has 3 aromatic rings. The molecule has 32 heavy (non-hydrogen) atoms. The molecule has 2 aliphatic rings. The van der Waals surface area contributed by atoms with Crippen LogP contribution in [0.3, 0.4) is 0 Å². The number of halogens is 1. The van der Waals surface area contributed by atoms with Gasteiger partial charge >= 0.3 is 0 Å². The minimum Gasteiger partial charge on any atom is -0.457 e. The molecular formula is C21H23ClN4O5S. The summed E-state index contributed by atoms with van der Waals surface area (Å²) in [4.78, 5) is 6.51. The summed E-state index contributed by atoms with van der Waals surface area (Å²) < 4.78 is 34.4. The minimum atomic E-state index is -3.97. The van der Waals surface area contributed by atoms with E-state index in [-0.39, 0.29) is 16.2 Å². The summed E-state index contributed by atoms with van der Waals surface area (Å²) >= 11 is 6.13. The predicted octanol–water partition coefficient (Wildman–Crippen LogP) is 3.63. The number of fused-ring (bicyclic) bond motifs is 1. The molecule has 1 atom stereocenters. The van der Waals surface area contributed by atoms with E-state index in [1.54, 1.807) is 17.6 Å². The molecule has 1 aliphatic carbocycles. The number of piperidine rings is 1. The number of aliphatic hydroxyl groups is 1. The van der Waals surface area contributed by atoms with Gasteiger partial charge in [0.25, 0.3) is 10.0 Å². The zero-order chi connectivity index (χ0) is 22.5. The normalized spacial score (nSPS) is 18.8. The fourth-order valence-electron chi connectivity index (χ4n) is 4.23. The molecule has 0 radical (unpaired) electrons. The average Bonchev–Trinajstić information content (AvgIpc) is 3.38. The standard InChI is InChI=1S/C21H23ClN4O5S/c22-14-10-16(19(23-12-14)26-7-5-21(3-4-21)6-8-26)25-32(29,30)15-2-1-13-9-18(20(27)24-28)31-17(13)11-15/h1-2,9-12,20,24-25,27-28H,3-8H2. The van der Waals surface area contributed by atoms with Crippen molar-refractivity contribution in [3.05, 3.63) is 47.3 Å². The summed E-state index contributed by atoms with van der Waals surface area (Å²) in [6.45, 7) is 1.65. The van der Waals surface area contributed by atoms with Gasteiger partial charge in [0.2, 0.25) is 0 Å². The van der Waals surface area contributed by atoms with Gasteiger partial charge in [-0.15, -0.1) is 0 Å². The molecule has 1 unspecified atom stereocenters. The van der Waals surface area contributed by atoms with E-state index in [1.165, 1.54) is 37.2 Å². The number of pyridine rings is 1. The maximum atomic E-state index is 13.2. The van der Waals surface area contributed by atoms with Gasteiger partial charge in [0.1, 0.15) is 5.58 Å². The van der Waals surface area contributed by atoms with E-state index in [2.05, 4.69) is 14.6 Å². The first-order chi connectivity index (χ1) is 15.3. The highest BCUT2D eigenvalue weighted by molar-refractivity contribution is 7.92. The topological polar surface area (TPSA) is 128 Å². The van der Waals surface area contributed by atoms with Gasteiger partial charge in [-0.05, 0) is 55.4 Å². The van der Waals surface area contributed by atoms with Crippen molar-refractivity contribution in [1.82, 2.24) is 10.5 Å². The third kappa shape index (κ3) is 4.04. The molecule has 4 N–H and O–H groups in total. The Kier molecular flexibility index (Phi) is 5.30. The SMILES string of the molecule is O=S(=O)(Nc1cc(Cl)cnc1N1CCC2(CC1)CC2)c1ccc2cc(C(O)NO)oc2c1. The van der Waals surface area contributed by atoms with Crippen molar-refractivity contribution in [1.29, 1.82) is 0 Å². The fraction of sp³-hybridized carbons (Fsp3) is 0.381. The largest absolute Gasteiger partial charge is 0.457 e. The van der Waals surface area contributed by atoms with Crippen LogP contribution >= 0.6 is 11.6 Å². The molecule has 1 saturated carbocycles. The molecule has 1 spiro atoms. The van der Waals surface area contributed by atoms with Crippen LogP contribution in [-0.4, -0.2) is 36.8 Å². The number of hydrogen-bond donors (Lipinski definition) is 4. The molecule has 170 valence electrons. The number of furan rings is 1. The van der Waals surface area contributed by atoms with Crippen LogP contribution in [0.5, 0.6) is 0 Å². The van der Waals surface area contributed by atoms with Crippen molar-refractivity contribution >= 4 is 44.1 Å². The Labute approximate surface area is 190 Å². The first kappa shape index (κ1) is 21.5. The van der Waals surface area contributed by atoms with Crippen molar-refractivity contribution < 1.29 is 23.1 Å². The van der Waals surface area contributed by atoms with Crippen LogP contribution < -0.4 is 15.1 Å². The first-order valence-corrected chi connectivity index (χ1v) is 12.2. The van der Waals surface area contributed by atoms with Crippen molar-refractivity contribution in [2.75, 3.05) is 22.7 Å². The van der Waals surface area contributed by atoms with Crippen LogP contribution in [0.15, 0.2) is 45.8 Å². The Balaban J connectivity index is 1.43. The summed E-state index contributed by atoms with van der Waals surface area (Å²) in [6, 6.07) is 7.45. The highest BCUT2D eigenvalue weighted by Crippen LogP contribution is 2.54. The lowest BCUT2D eigenvalue weighted by atomic mass is 9.94. The lowest BCUT2D eigenvalue weighted by molar-refractivity contribution is -0.0110. The second-order valence-corrected chi connectivity index (χ2v) is 10.6. The third-order valence-corrected chi connectivity index (χ3v) is 7.94. The van der Waals surface area contributed by atoms with Gasteiger partial charge in [-0.3, -0.25) is 4.72 Å². The first-order valence-electron chi connectivity index (χ1n) is 10.3. The number of hydroxylamine groups is 1. The maximum absolute atomic E-state index is 13.2. The van der Waals surface area contributed by atoms with Gasteiger partial charge in [0.15, 0.2) is 17.8 Å². The van der Waals surface area contributed by atoms with Crippen LogP contribution in [0.25, 0.3) is 11.0 Å². The van der Waals surface area contributed by atoms with Gasteiger partial charge in [-0.1, -0.05) is 11.6 Å². The van der Waals surface area contributed by atoms with Crippen molar-refractivity contribution in [3.63, 3.8) is 0 Å². The number of nitrogens with one attached hydrogen (secondary N) is 2. The number of benzene rings is 1. The highest BCUT2D eigenvalue weighted by Gasteiger charge is 2.44. The zero-order valence-electron chi connectivity index (χ0n) is 17.1. The van der Waals surface area contributed by atoms with Crippen LogP contribution in [-0.2, 0) is 10.0 Å². The van der Waals surface area contributed by atoms with Gasteiger partial charge in [0, 0.05) is 30.7 Å². The summed E-state index contributed by atoms with van der Waals surface area (Å²) in [5.41, 5.74) is 2.74. The van der Waals surface area contributed by atoms with E-state index in [9.17, 15) is 13.5 Å². The Bertz CT molecular complexity index is 1260. The Morgan fingerprint density at radius 2 is 1.91 bits per heavy atom. The average molecular weight is 479 g/mol. The molecule has 5 rings (SSSR count). The lowest BCUT2D eigenvalue weighted by Gasteiger charge is -2.34. The summed E-state index contributed by atoms with van der Waals surface area (Å²) in [6.07, 6.45) is 4.81. The number of hydrogen-bond acceptors (Lipinski definition) is 8. The van der Waals surface area contributed by atoms with Crippen molar-refractivity contribution in [3.8, 4) is 0 Å². The summed E-state index contributed by atoms with van der Waals surface area (Å²) in [7, 11) is -3.97. The number of aromatic nitrogens is 1. The third-order valence-electron chi connectivity index (χ3n) is 6.37. The van der Waals surface area contributed by atoms with Crippen molar-refractivity contribution in [2.45, 2.75) is 36.8 Å². The van der Waals surface area contributed by atoms with Gasteiger partial charge in [-0.25, -0.2) is 13.4 Å². The molecule has 3 heterocycles. The van der Waals surface area contributed by atoms with Crippen molar-refractivity contribution in [2.24, 2.45) is 5.41 Å². The summed E-state index contributed by atoms with van der Waals surface area (Å²) in [5, 5.41) is 19.4. The maximum Gasteiger partial charge on any atom is 0.262 e. The Hall–Kier alpha value is -2.37. The molecule has 2 aromatic heterocycles.